The van der Waals surface area contributed by atoms with Gasteiger partial charge in [-0.2, -0.15) is 0 Å². The first kappa shape index (κ1) is 67.3. The van der Waals surface area contributed by atoms with Crippen molar-refractivity contribution in [1.29, 1.82) is 0 Å². The van der Waals surface area contributed by atoms with E-state index in [0.29, 0.717) is 19.4 Å². The molecule has 0 aliphatic heterocycles. The van der Waals surface area contributed by atoms with Gasteiger partial charge in [0.1, 0.15) is 0 Å². The van der Waals surface area contributed by atoms with E-state index in [-0.39, 0.29) is 18.5 Å². The molecular formula is C63H121NO5. The molecule has 0 rings (SSSR count). The Morgan fingerprint density at radius 3 is 1.03 bits per heavy atom. The molecule has 6 heteroatoms. The van der Waals surface area contributed by atoms with Crippen LogP contribution in [0.25, 0.3) is 0 Å². The third kappa shape index (κ3) is 55.5. The van der Waals surface area contributed by atoms with Gasteiger partial charge in [-0.05, 0) is 57.8 Å². The fourth-order valence-corrected chi connectivity index (χ4v) is 9.69. The number of esters is 1. The lowest BCUT2D eigenvalue weighted by atomic mass is 10.0. The van der Waals surface area contributed by atoms with Crippen molar-refractivity contribution in [2.45, 2.75) is 353 Å². The van der Waals surface area contributed by atoms with E-state index in [4.69, 9.17) is 4.74 Å². The highest BCUT2D eigenvalue weighted by molar-refractivity contribution is 5.76. The second-order valence-electron chi connectivity index (χ2n) is 21.4. The Hall–Kier alpha value is -1.66. The lowest BCUT2D eigenvalue weighted by molar-refractivity contribution is -0.143. The average molecular weight is 973 g/mol. The van der Waals surface area contributed by atoms with Gasteiger partial charge in [0.05, 0.1) is 25.4 Å². The predicted molar refractivity (Wildman–Crippen MR) is 301 cm³/mol. The number of ether oxygens (including phenoxy) is 1. The van der Waals surface area contributed by atoms with Gasteiger partial charge in [0, 0.05) is 12.8 Å². The number of carbonyl (C=O) groups excluding carboxylic acids is 2. The predicted octanol–water partition coefficient (Wildman–Crippen LogP) is 19.4. The van der Waals surface area contributed by atoms with Gasteiger partial charge in [-0.3, -0.25) is 9.59 Å². The summed E-state index contributed by atoms with van der Waals surface area (Å²) < 4.78 is 5.47. The van der Waals surface area contributed by atoms with E-state index in [0.717, 1.165) is 44.9 Å². The Kier molecular flexibility index (Phi) is 57.5. The van der Waals surface area contributed by atoms with Crippen LogP contribution in [0.5, 0.6) is 0 Å². The molecule has 0 spiro atoms. The maximum atomic E-state index is 12.5. The summed E-state index contributed by atoms with van der Waals surface area (Å²) in [6.07, 6.45) is 72.1. The SMILES string of the molecule is CCCCCCC/C=C\CCCCCCCC(=O)OCCCCCCCCCCCCCCCCCCC(=O)NC(CO)C(O)/C=C/CCCCCCCCCCCCCCCCCCCCCC. The smallest absolute Gasteiger partial charge is 0.305 e. The monoisotopic (exact) mass is 972 g/mol. The van der Waals surface area contributed by atoms with Crippen LogP contribution in [0, 0.1) is 0 Å². The Balaban J connectivity index is 3.46. The van der Waals surface area contributed by atoms with Crippen LogP contribution in [0.2, 0.25) is 0 Å². The molecular weight excluding hydrogens is 851 g/mol. The number of hydrogen-bond donors (Lipinski definition) is 3. The molecule has 0 aliphatic carbocycles. The molecule has 0 aromatic rings. The van der Waals surface area contributed by atoms with Crippen molar-refractivity contribution in [3.63, 3.8) is 0 Å². The maximum Gasteiger partial charge on any atom is 0.305 e. The highest BCUT2D eigenvalue weighted by Crippen LogP contribution is 2.18. The van der Waals surface area contributed by atoms with E-state index in [1.54, 1.807) is 6.08 Å². The van der Waals surface area contributed by atoms with E-state index in [1.807, 2.05) is 6.08 Å². The number of nitrogens with one attached hydrogen (secondary N) is 1. The summed E-state index contributed by atoms with van der Waals surface area (Å²) in [5, 5.41) is 23.2. The first-order valence-electron chi connectivity index (χ1n) is 31.1. The maximum absolute atomic E-state index is 12.5. The van der Waals surface area contributed by atoms with Gasteiger partial charge in [0.25, 0.3) is 0 Å². The van der Waals surface area contributed by atoms with Crippen LogP contribution in [-0.2, 0) is 14.3 Å². The van der Waals surface area contributed by atoms with Gasteiger partial charge in [-0.25, -0.2) is 0 Å². The zero-order valence-corrected chi connectivity index (χ0v) is 46.6. The molecule has 0 radical (unpaired) electrons. The lowest BCUT2D eigenvalue weighted by Crippen LogP contribution is -2.45. The lowest BCUT2D eigenvalue weighted by Gasteiger charge is -2.20. The second-order valence-corrected chi connectivity index (χ2v) is 21.4. The Morgan fingerprint density at radius 2 is 0.681 bits per heavy atom. The summed E-state index contributed by atoms with van der Waals surface area (Å²) in [7, 11) is 0. The molecule has 0 bridgehead atoms. The molecule has 0 aliphatic rings. The molecule has 1 amide bonds. The quantitative estimate of drug-likeness (QED) is 0.0321. The highest BCUT2D eigenvalue weighted by Gasteiger charge is 2.18. The molecule has 0 aromatic carbocycles. The Morgan fingerprint density at radius 1 is 0.391 bits per heavy atom. The van der Waals surface area contributed by atoms with E-state index in [2.05, 4.69) is 31.3 Å². The van der Waals surface area contributed by atoms with Crippen LogP contribution in [0.4, 0.5) is 0 Å². The number of amides is 1. The van der Waals surface area contributed by atoms with Crippen LogP contribution in [-0.4, -0.2) is 47.4 Å². The number of aliphatic hydroxyl groups is 2. The first-order chi connectivity index (χ1) is 34.0. The van der Waals surface area contributed by atoms with Gasteiger partial charge in [-0.1, -0.05) is 295 Å². The van der Waals surface area contributed by atoms with E-state index in [9.17, 15) is 19.8 Å². The molecule has 3 N–H and O–H groups in total. The zero-order chi connectivity index (χ0) is 50.0. The Bertz CT molecular complexity index is 1080. The fourth-order valence-electron chi connectivity index (χ4n) is 9.69. The summed E-state index contributed by atoms with van der Waals surface area (Å²) in [6.45, 7) is 4.90. The molecule has 408 valence electrons. The summed E-state index contributed by atoms with van der Waals surface area (Å²) in [5.41, 5.74) is 0. The normalized spacial score (nSPS) is 12.7. The number of aliphatic hydroxyl groups excluding tert-OH is 2. The minimum Gasteiger partial charge on any atom is -0.466 e. The van der Waals surface area contributed by atoms with Crippen molar-refractivity contribution >= 4 is 11.9 Å². The fraction of sp³-hybridized carbons (Fsp3) is 0.905. The summed E-state index contributed by atoms with van der Waals surface area (Å²) in [6, 6.07) is -0.634. The molecule has 0 heterocycles. The van der Waals surface area contributed by atoms with Crippen LogP contribution in [0.3, 0.4) is 0 Å². The van der Waals surface area contributed by atoms with Crippen molar-refractivity contribution in [2.24, 2.45) is 0 Å². The number of carbonyl (C=O) groups is 2. The van der Waals surface area contributed by atoms with Gasteiger partial charge >= 0.3 is 5.97 Å². The first-order valence-corrected chi connectivity index (χ1v) is 31.1. The van der Waals surface area contributed by atoms with E-state index >= 15 is 0 Å². The second kappa shape index (κ2) is 58.9. The molecule has 0 fully saturated rings. The highest BCUT2D eigenvalue weighted by atomic mass is 16.5. The average Bonchev–Trinajstić information content (AvgIpc) is 3.35. The summed E-state index contributed by atoms with van der Waals surface area (Å²) in [4.78, 5) is 24.5. The molecule has 0 saturated heterocycles. The Labute approximate surface area is 431 Å². The van der Waals surface area contributed by atoms with Crippen molar-refractivity contribution in [2.75, 3.05) is 13.2 Å². The third-order valence-electron chi connectivity index (χ3n) is 14.5. The van der Waals surface area contributed by atoms with Gasteiger partial charge in [-0.15, -0.1) is 0 Å². The molecule has 2 atom stereocenters. The number of allylic oxidation sites excluding steroid dienone is 3. The minimum atomic E-state index is -0.850. The van der Waals surface area contributed by atoms with Crippen LogP contribution >= 0.6 is 0 Å². The molecule has 6 nitrogen and oxygen atoms in total. The van der Waals surface area contributed by atoms with Gasteiger partial charge < -0.3 is 20.3 Å². The van der Waals surface area contributed by atoms with E-state index in [1.165, 1.54) is 270 Å². The van der Waals surface area contributed by atoms with E-state index < -0.39 is 12.1 Å². The number of unbranched alkanes of at least 4 members (excludes halogenated alkanes) is 45. The summed E-state index contributed by atoms with van der Waals surface area (Å²) >= 11 is 0. The molecule has 2 unspecified atom stereocenters. The van der Waals surface area contributed by atoms with Gasteiger partial charge in [0.15, 0.2) is 0 Å². The van der Waals surface area contributed by atoms with Gasteiger partial charge in [0.2, 0.25) is 5.91 Å². The van der Waals surface area contributed by atoms with Crippen LogP contribution < -0.4 is 5.32 Å². The topological polar surface area (TPSA) is 95.9 Å². The van der Waals surface area contributed by atoms with Crippen LogP contribution in [0.1, 0.15) is 341 Å². The number of rotatable bonds is 58. The minimum absolute atomic E-state index is 0.00574. The zero-order valence-electron chi connectivity index (χ0n) is 46.6. The van der Waals surface area contributed by atoms with Crippen molar-refractivity contribution in [3.05, 3.63) is 24.3 Å². The standard InChI is InChI=1S/C63H121NO5/c1-3-5-7-9-11-13-15-17-19-20-21-22-23-24-25-28-31-35-39-43-47-51-55-61(66)60(59-65)64-62(67)56-52-48-44-40-36-32-29-26-27-30-34-38-42-46-50-54-58-69-63(68)57-53-49-45-41-37-33-18-16-14-12-10-8-6-4-2/h16,18,51,55,60-61,65-66H,3-15,17,19-50,52-54,56-59H2,1-2H3,(H,64,67)/b18-16-,55-51+. The number of hydrogen-bond acceptors (Lipinski definition) is 5. The largest absolute Gasteiger partial charge is 0.466 e. The summed E-state index contributed by atoms with van der Waals surface area (Å²) in [5.74, 6) is -0.0775. The third-order valence-corrected chi connectivity index (χ3v) is 14.5. The van der Waals surface area contributed by atoms with Crippen LogP contribution in [0.15, 0.2) is 24.3 Å². The van der Waals surface area contributed by atoms with Crippen molar-refractivity contribution in [1.82, 2.24) is 5.32 Å². The van der Waals surface area contributed by atoms with Crippen molar-refractivity contribution in [3.8, 4) is 0 Å². The molecule has 0 aromatic heterocycles. The molecule has 69 heavy (non-hydrogen) atoms. The van der Waals surface area contributed by atoms with Crippen molar-refractivity contribution < 1.29 is 24.5 Å². The molecule has 0 saturated carbocycles.